The first-order chi connectivity index (χ1) is 16.3. The smallest absolute Gasteiger partial charge is 0.289 e. The summed E-state index contributed by atoms with van der Waals surface area (Å²) in [7, 11) is 1.74. The molecule has 34 heavy (non-hydrogen) atoms. The summed E-state index contributed by atoms with van der Waals surface area (Å²) < 4.78 is 43.9. The van der Waals surface area contributed by atoms with E-state index < -0.39 is 23.5 Å². The van der Waals surface area contributed by atoms with Crippen LogP contribution < -0.4 is 5.32 Å². The van der Waals surface area contributed by atoms with Crippen LogP contribution >= 0.6 is 0 Å². The van der Waals surface area contributed by atoms with E-state index in [-0.39, 0.29) is 18.0 Å². The molecule has 3 aromatic rings. The Balaban J connectivity index is 1.51. The number of aryl methyl sites for hydroxylation is 1. The molecular weight excluding hydrogens is 443 g/mol. The normalized spacial score (nSPS) is 24.7. The van der Waals surface area contributed by atoms with Crippen molar-refractivity contribution in [3.63, 3.8) is 0 Å². The van der Waals surface area contributed by atoms with Crippen LogP contribution in [0.3, 0.4) is 0 Å². The zero-order chi connectivity index (χ0) is 23.7. The second-order valence-corrected chi connectivity index (χ2v) is 9.37. The number of carbonyl (C=O) groups is 1. The second-order valence-electron chi connectivity index (χ2n) is 9.37. The number of pyridine rings is 1. The summed E-state index contributed by atoms with van der Waals surface area (Å²) in [5.74, 6) is -4.21. The molecule has 1 unspecified atom stereocenters. The quantitative estimate of drug-likeness (QED) is 0.572. The second kappa shape index (κ2) is 7.68. The molecule has 1 aromatic carbocycles. The van der Waals surface area contributed by atoms with E-state index in [1.807, 2.05) is 19.2 Å². The van der Waals surface area contributed by atoms with Gasteiger partial charge in [-0.3, -0.25) is 9.20 Å². The van der Waals surface area contributed by atoms with Crippen LogP contribution in [-0.2, 0) is 0 Å². The largest absolute Gasteiger partial charge is 0.306 e. The van der Waals surface area contributed by atoms with E-state index in [0.29, 0.717) is 23.3 Å². The van der Waals surface area contributed by atoms with Crippen LogP contribution in [-0.4, -0.2) is 44.4 Å². The Hall–Kier alpha value is -3.17. The number of nitrogens with zero attached hydrogens (tertiary/aromatic N) is 4. The minimum absolute atomic E-state index is 0.0437. The van der Waals surface area contributed by atoms with E-state index in [0.717, 1.165) is 48.4 Å². The molecule has 3 aliphatic rings. The van der Waals surface area contributed by atoms with Gasteiger partial charge in [0.25, 0.3) is 5.91 Å². The number of nitrogens with one attached hydrogen (secondary N) is 1. The van der Waals surface area contributed by atoms with E-state index in [2.05, 4.69) is 10.3 Å². The summed E-state index contributed by atoms with van der Waals surface area (Å²) in [6, 6.07) is 7.07. The average molecular weight is 467 g/mol. The lowest BCUT2D eigenvalue weighted by atomic mass is 9.81. The predicted octanol–water partition coefficient (Wildman–Crippen LogP) is 4.27. The third kappa shape index (κ3) is 3.10. The maximum atomic E-state index is 14.2. The first kappa shape index (κ1) is 21.4. The SMILES string of the molecule is Cc1cn2c(C(=O)N3C4=C(C[C@H]5CCC[C@@H]4N5)C(c4cc(F)c(F)c(F)c4)N3C)cccc2n1. The molecule has 2 aromatic heterocycles. The van der Waals surface area contributed by atoms with Crippen LogP contribution in [0.4, 0.5) is 13.2 Å². The van der Waals surface area contributed by atoms with Gasteiger partial charge in [0, 0.05) is 25.3 Å². The maximum absolute atomic E-state index is 14.2. The van der Waals surface area contributed by atoms with Gasteiger partial charge in [-0.25, -0.2) is 28.2 Å². The molecule has 3 aliphatic heterocycles. The fourth-order valence-corrected chi connectivity index (χ4v) is 5.85. The van der Waals surface area contributed by atoms with Gasteiger partial charge < -0.3 is 5.32 Å². The van der Waals surface area contributed by atoms with Gasteiger partial charge >= 0.3 is 0 Å². The highest BCUT2D eigenvalue weighted by Gasteiger charge is 2.48. The van der Waals surface area contributed by atoms with Crippen LogP contribution in [0.5, 0.6) is 0 Å². The standard InChI is InChI=1S/C25H24F3N5O/c1-13-12-32-20(7-4-8-21(32)29-13)25(34)33-24-16(11-15-5-3-6-19(24)30-15)23(31(33)2)14-9-17(26)22(28)18(27)10-14/h4,7-10,12,15,19,23,30H,3,5-6,11H2,1-2H3/t15-,19+,23?/m1/s1. The number of carbonyl (C=O) groups excluding carboxylic acids is 1. The number of piperidine rings is 1. The average Bonchev–Trinajstić information content (AvgIpc) is 3.33. The fraction of sp³-hybridized carbons (Fsp3) is 0.360. The molecule has 1 saturated heterocycles. The van der Waals surface area contributed by atoms with Crippen molar-refractivity contribution in [2.24, 2.45) is 0 Å². The van der Waals surface area contributed by atoms with Crippen molar-refractivity contribution < 1.29 is 18.0 Å². The number of fused-ring (bicyclic) bond motifs is 4. The Bertz CT molecular complexity index is 1340. The summed E-state index contributed by atoms with van der Waals surface area (Å²) in [6.07, 6.45) is 5.36. The summed E-state index contributed by atoms with van der Waals surface area (Å²) in [5.41, 5.74) is 3.96. The van der Waals surface area contributed by atoms with Crippen molar-refractivity contribution in [2.45, 2.75) is 50.7 Å². The zero-order valence-electron chi connectivity index (χ0n) is 18.9. The lowest BCUT2D eigenvalue weighted by Gasteiger charge is -2.39. The predicted molar refractivity (Wildman–Crippen MR) is 119 cm³/mol. The van der Waals surface area contributed by atoms with Crippen LogP contribution in [0.2, 0.25) is 0 Å². The summed E-state index contributed by atoms with van der Waals surface area (Å²) >= 11 is 0. The number of imidazole rings is 1. The van der Waals surface area contributed by atoms with E-state index in [1.165, 1.54) is 0 Å². The van der Waals surface area contributed by atoms with Crippen molar-refractivity contribution >= 4 is 11.6 Å². The highest BCUT2D eigenvalue weighted by atomic mass is 19.2. The van der Waals surface area contributed by atoms with Gasteiger partial charge in [0.05, 0.1) is 17.4 Å². The Labute approximate surface area is 194 Å². The van der Waals surface area contributed by atoms with E-state index in [1.54, 1.807) is 33.6 Å². The molecule has 3 atom stereocenters. The summed E-state index contributed by atoms with van der Waals surface area (Å²) in [6.45, 7) is 1.87. The lowest BCUT2D eigenvalue weighted by Crippen LogP contribution is -2.51. The number of aromatic nitrogens is 2. The minimum Gasteiger partial charge on any atom is -0.306 e. The summed E-state index contributed by atoms with van der Waals surface area (Å²) in [4.78, 5) is 18.5. The number of hydrazine groups is 1. The van der Waals surface area contributed by atoms with Crippen molar-refractivity contribution in [3.05, 3.63) is 82.2 Å². The Kier molecular flexibility index (Phi) is 4.82. The molecule has 5 heterocycles. The molecular formula is C25H24F3N5O. The monoisotopic (exact) mass is 467 g/mol. The Morgan fingerprint density at radius 2 is 1.91 bits per heavy atom. The molecule has 0 saturated carbocycles. The van der Waals surface area contributed by atoms with Gasteiger partial charge in [0.2, 0.25) is 0 Å². The van der Waals surface area contributed by atoms with Gasteiger partial charge in [-0.2, -0.15) is 0 Å². The van der Waals surface area contributed by atoms with Crippen molar-refractivity contribution in [1.29, 1.82) is 0 Å². The van der Waals surface area contributed by atoms with Gasteiger partial charge in [-0.1, -0.05) is 6.07 Å². The topological polar surface area (TPSA) is 52.9 Å². The zero-order valence-corrected chi connectivity index (χ0v) is 18.9. The van der Waals surface area contributed by atoms with E-state index in [4.69, 9.17) is 0 Å². The molecule has 0 aliphatic carbocycles. The van der Waals surface area contributed by atoms with Crippen molar-refractivity contribution in [2.75, 3.05) is 7.05 Å². The third-order valence-corrected chi connectivity index (χ3v) is 7.20. The van der Waals surface area contributed by atoms with E-state index >= 15 is 0 Å². The molecule has 9 heteroatoms. The summed E-state index contributed by atoms with van der Waals surface area (Å²) in [5, 5.41) is 6.97. The number of hydrogen-bond donors (Lipinski definition) is 1. The number of amides is 1. The Morgan fingerprint density at radius 3 is 2.68 bits per heavy atom. The van der Waals surface area contributed by atoms with Gasteiger partial charge in [0.1, 0.15) is 11.3 Å². The molecule has 1 N–H and O–H groups in total. The van der Waals surface area contributed by atoms with Crippen molar-refractivity contribution in [3.8, 4) is 0 Å². The van der Waals surface area contributed by atoms with Crippen LogP contribution in [0.1, 0.15) is 53.5 Å². The van der Waals surface area contributed by atoms with Crippen LogP contribution in [0.15, 0.2) is 47.8 Å². The molecule has 1 amide bonds. The number of rotatable bonds is 2. The van der Waals surface area contributed by atoms with Crippen molar-refractivity contribution in [1.82, 2.24) is 24.7 Å². The Morgan fingerprint density at radius 1 is 1.15 bits per heavy atom. The molecule has 0 spiro atoms. The maximum Gasteiger partial charge on any atom is 0.289 e. The minimum atomic E-state index is -1.49. The molecule has 6 nitrogen and oxygen atoms in total. The first-order valence-electron chi connectivity index (χ1n) is 11.5. The molecule has 1 fully saturated rings. The molecule has 176 valence electrons. The number of likely N-dealkylation sites (N-methyl/N-ethyl adjacent to an activating group) is 1. The number of benzene rings is 1. The number of halogens is 3. The fourth-order valence-electron chi connectivity index (χ4n) is 5.85. The molecule has 2 bridgehead atoms. The lowest BCUT2D eigenvalue weighted by molar-refractivity contribution is 0.0202. The van der Waals surface area contributed by atoms with E-state index in [9.17, 15) is 18.0 Å². The van der Waals surface area contributed by atoms with Crippen LogP contribution in [0, 0.1) is 24.4 Å². The van der Waals surface area contributed by atoms with Gasteiger partial charge in [-0.15, -0.1) is 0 Å². The number of hydrogen-bond acceptors (Lipinski definition) is 4. The molecule has 6 rings (SSSR count). The first-order valence-corrected chi connectivity index (χ1v) is 11.5. The molecule has 0 radical (unpaired) electrons. The highest BCUT2D eigenvalue weighted by Crippen LogP contribution is 2.47. The highest BCUT2D eigenvalue weighted by molar-refractivity contribution is 5.94. The van der Waals surface area contributed by atoms with Gasteiger partial charge in [-0.05, 0) is 68.0 Å². The third-order valence-electron chi connectivity index (χ3n) is 7.20. The van der Waals surface area contributed by atoms with Crippen LogP contribution in [0.25, 0.3) is 5.65 Å². The van der Waals surface area contributed by atoms with Gasteiger partial charge in [0.15, 0.2) is 17.5 Å².